The standard InChI is InChI=1S/C12H18N2O/c1-14(2)8-12-11-7-10(15)4-3-9(11)5-6-13-12/h3-4,7,12-13,15H,5-6,8H2,1-2H3. The smallest absolute Gasteiger partial charge is 0.115 e. The average molecular weight is 206 g/mol. The fraction of sp³-hybridized carbons (Fsp3) is 0.500. The van der Waals surface area contributed by atoms with E-state index in [2.05, 4.69) is 24.3 Å². The van der Waals surface area contributed by atoms with Crippen molar-refractivity contribution in [3.05, 3.63) is 29.3 Å². The monoisotopic (exact) mass is 206 g/mol. The second-order valence-corrected chi connectivity index (χ2v) is 4.40. The maximum Gasteiger partial charge on any atom is 0.115 e. The van der Waals surface area contributed by atoms with Gasteiger partial charge in [-0.05, 0) is 50.3 Å². The Morgan fingerprint density at radius 1 is 1.47 bits per heavy atom. The third kappa shape index (κ3) is 2.30. The summed E-state index contributed by atoms with van der Waals surface area (Å²) in [5, 5.41) is 13.0. The van der Waals surface area contributed by atoms with E-state index in [0.717, 1.165) is 19.5 Å². The summed E-state index contributed by atoms with van der Waals surface area (Å²) in [6.45, 7) is 1.99. The first-order valence-corrected chi connectivity index (χ1v) is 5.37. The molecule has 0 fully saturated rings. The summed E-state index contributed by atoms with van der Waals surface area (Å²) >= 11 is 0. The van der Waals surface area contributed by atoms with Gasteiger partial charge in [0.2, 0.25) is 0 Å². The van der Waals surface area contributed by atoms with Crippen molar-refractivity contribution < 1.29 is 5.11 Å². The molecule has 2 rings (SSSR count). The zero-order chi connectivity index (χ0) is 10.8. The Hall–Kier alpha value is -1.06. The number of aromatic hydroxyl groups is 1. The molecular weight excluding hydrogens is 188 g/mol. The van der Waals surface area contributed by atoms with Gasteiger partial charge in [-0.25, -0.2) is 0 Å². The third-order valence-corrected chi connectivity index (χ3v) is 2.84. The van der Waals surface area contributed by atoms with Gasteiger partial charge in [-0.15, -0.1) is 0 Å². The first kappa shape index (κ1) is 10.5. The molecule has 1 atom stereocenters. The average Bonchev–Trinajstić information content (AvgIpc) is 2.18. The molecule has 1 aliphatic heterocycles. The summed E-state index contributed by atoms with van der Waals surface area (Å²) in [5.41, 5.74) is 2.60. The van der Waals surface area contributed by atoms with Crippen LogP contribution in [-0.2, 0) is 6.42 Å². The van der Waals surface area contributed by atoms with E-state index in [1.54, 1.807) is 6.07 Å². The zero-order valence-corrected chi connectivity index (χ0v) is 9.33. The SMILES string of the molecule is CN(C)CC1NCCc2ccc(O)cc21. The molecule has 0 aliphatic carbocycles. The van der Waals surface area contributed by atoms with Crippen LogP contribution < -0.4 is 5.32 Å². The summed E-state index contributed by atoms with van der Waals surface area (Å²) in [6.07, 6.45) is 1.06. The molecule has 82 valence electrons. The summed E-state index contributed by atoms with van der Waals surface area (Å²) < 4.78 is 0. The Bertz CT molecular complexity index is 349. The van der Waals surface area contributed by atoms with E-state index in [-0.39, 0.29) is 0 Å². The predicted molar refractivity (Wildman–Crippen MR) is 61.1 cm³/mol. The molecule has 15 heavy (non-hydrogen) atoms. The highest BCUT2D eigenvalue weighted by molar-refractivity contribution is 5.38. The van der Waals surface area contributed by atoms with Crippen molar-refractivity contribution in [2.75, 3.05) is 27.2 Å². The van der Waals surface area contributed by atoms with Gasteiger partial charge in [0.15, 0.2) is 0 Å². The molecule has 0 saturated carbocycles. The molecule has 1 aromatic carbocycles. The summed E-state index contributed by atoms with van der Waals surface area (Å²) in [4.78, 5) is 2.16. The van der Waals surface area contributed by atoms with Gasteiger partial charge in [-0.2, -0.15) is 0 Å². The molecule has 1 unspecified atom stereocenters. The Balaban J connectivity index is 2.28. The van der Waals surface area contributed by atoms with Crippen LogP contribution in [0.4, 0.5) is 0 Å². The zero-order valence-electron chi connectivity index (χ0n) is 9.33. The summed E-state index contributed by atoms with van der Waals surface area (Å²) in [5.74, 6) is 0.362. The number of benzene rings is 1. The van der Waals surface area contributed by atoms with Gasteiger partial charge in [0.05, 0.1) is 0 Å². The lowest BCUT2D eigenvalue weighted by molar-refractivity contribution is 0.333. The quantitative estimate of drug-likeness (QED) is 0.761. The summed E-state index contributed by atoms with van der Waals surface area (Å²) in [7, 11) is 4.14. The van der Waals surface area contributed by atoms with Crippen LogP contribution >= 0.6 is 0 Å². The lowest BCUT2D eigenvalue weighted by Crippen LogP contribution is -2.36. The first-order chi connectivity index (χ1) is 7.16. The highest BCUT2D eigenvalue weighted by Crippen LogP contribution is 2.26. The molecule has 1 aliphatic rings. The van der Waals surface area contributed by atoms with Crippen LogP contribution in [0.15, 0.2) is 18.2 Å². The topological polar surface area (TPSA) is 35.5 Å². The van der Waals surface area contributed by atoms with Crippen LogP contribution in [-0.4, -0.2) is 37.2 Å². The van der Waals surface area contributed by atoms with E-state index in [9.17, 15) is 5.11 Å². The van der Waals surface area contributed by atoms with E-state index in [0.29, 0.717) is 11.8 Å². The highest BCUT2D eigenvalue weighted by atomic mass is 16.3. The van der Waals surface area contributed by atoms with Crippen molar-refractivity contribution in [3.8, 4) is 5.75 Å². The molecular formula is C12H18N2O. The van der Waals surface area contributed by atoms with Crippen molar-refractivity contribution in [2.45, 2.75) is 12.5 Å². The molecule has 2 N–H and O–H groups in total. The number of rotatable bonds is 2. The molecule has 0 bridgehead atoms. The fourth-order valence-corrected chi connectivity index (χ4v) is 2.15. The first-order valence-electron chi connectivity index (χ1n) is 5.37. The molecule has 0 aromatic heterocycles. The Labute approximate surface area is 90.7 Å². The van der Waals surface area contributed by atoms with E-state index >= 15 is 0 Å². The molecule has 1 aromatic rings. The van der Waals surface area contributed by atoms with Crippen molar-refractivity contribution in [1.29, 1.82) is 0 Å². The number of hydrogen-bond donors (Lipinski definition) is 2. The third-order valence-electron chi connectivity index (χ3n) is 2.84. The van der Waals surface area contributed by atoms with E-state index < -0.39 is 0 Å². The van der Waals surface area contributed by atoms with Gasteiger partial charge in [-0.1, -0.05) is 6.07 Å². The molecule has 0 amide bonds. The molecule has 3 nitrogen and oxygen atoms in total. The van der Waals surface area contributed by atoms with Crippen molar-refractivity contribution in [2.24, 2.45) is 0 Å². The van der Waals surface area contributed by atoms with Crippen LogP contribution in [0.2, 0.25) is 0 Å². The van der Waals surface area contributed by atoms with Gasteiger partial charge in [0.25, 0.3) is 0 Å². The molecule has 3 heteroatoms. The van der Waals surface area contributed by atoms with Crippen LogP contribution in [0.3, 0.4) is 0 Å². The number of hydrogen-bond acceptors (Lipinski definition) is 3. The molecule has 0 radical (unpaired) electrons. The minimum atomic E-state index is 0.343. The van der Waals surface area contributed by atoms with Gasteiger partial charge in [0.1, 0.15) is 5.75 Å². The normalized spacial score (nSPS) is 20.3. The van der Waals surface area contributed by atoms with Gasteiger partial charge in [-0.3, -0.25) is 0 Å². The molecule has 0 spiro atoms. The number of phenols is 1. The summed E-state index contributed by atoms with van der Waals surface area (Å²) in [6, 6.07) is 6.04. The van der Waals surface area contributed by atoms with E-state index in [4.69, 9.17) is 0 Å². The Morgan fingerprint density at radius 3 is 3.00 bits per heavy atom. The van der Waals surface area contributed by atoms with E-state index in [1.165, 1.54) is 11.1 Å². The Morgan fingerprint density at radius 2 is 2.27 bits per heavy atom. The second kappa shape index (κ2) is 4.21. The number of likely N-dealkylation sites (N-methyl/N-ethyl adjacent to an activating group) is 1. The van der Waals surface area contributed by atoms with Gasteiger partial charge < -0.3 is 15.3 Å². The van der Waals surface area contributed by atoms with Crippen LogP contribution in [0.1, 0.15) is 17.2 Å². The fourth-order valence-electron chi connectivity index (χ4n) is 2.15. The molecule has 1 heterocycles. The number of phenolic OH excluding ortho intramolecular Hbond substituents is 1. The lowest BCUT2D eigenvalue weighted by atomic mass is 9.94. The van der Waals surface area contributed by atoms with Crippen LogP contribution in [0, 0.1) is 0 Å². The largest absolute Gasteiger partial charge is 0.508 e. The number of nitrogens with one attached hydrogen (secondary N) is 1. The maximum absolute atomic E-state index is 9.50. The van der Waals surface area contributed by atoms with Crippen molar-refractivity contribution in [3.63, 3.8) is 0 Å². The number of nitrogens with zero attached hydrogens (tertiary/aromatic N) is 1. The highest BCUT2D eigenvalue weighted by Gasteiger charge is 2.20. The minimum absolute atomic E-state index is 0.343. The van der Waals surface area contributed by atoms with Gasteiger partial charge in [0, 0.05) is 12.6 Å². The van der Waals surface area contributed by atoms with E-state index in [1.807, 2.05) is 12.1 Å². The van der Waals surface area contributed by atoms with Crippen molar-refractivity contribution in [1.82, 2.24) is 10.2 Å². The minimum Gasteiger partial charge on any atom is -0.508 e. The van der Waals surface area contributed by atoms with Crippen molar-refractivity contribution >= 4 is 0 Å². The number of fused-ring (bicyclic) bond motifs is 1. The van der Waals surface area contributed by atoms with Gasteiger partial charge >= 0.3 is 0 Å². The second-order valence-electron chi connectivity index (χ2n) is 4.40. The predicted octanol–water partition coefficient (Wildman–Crippen LogP) is 1.14. The lowest BCUT2D eigenvalue weighted by Gasteiger charge is -2.29. The molecule has 0 saturated heterocycles. The van der Waals surface area contributed by atoms with Crippen LogP contribution in [0.25, 0.3) is 0 Å². The maximum atomic E-state index is 9.50. The Kier molecular flexibility index (Phi) is 2.93. The van der Waals surface area contributed by atoms with Crippen LogP contribution in [0.5, 0.6) is 5.75 Å².